The lowest BCUT2D eigenvalue weighted by Crippen LogP contribution is -2.28. The van der Waals surface area contributed by atoms with Gasteiger partial charge in [-0.25, -0.2) is 0 Å². The van der Waals surface area contributed by atoms with Gasteiger partial charge in [-0.3, -0.25) is 9.78 Å². The first kappa shape index (κ1) is 26.6. The van der Waals surface area contributed by atoms with Gasteiger partial charge < -0.3 is 15.4 Å². The van der Waals surface area contributed by atoms with Crippen molar-refractivity contribution in [2.75, 3.05) is 13.1 Å². The quantitative estimate of drug-likeness (QED) is 0.196. The van der Waals surface area contributed by atoms with Crippen molar-refractivity contribution in [3.8, 4) is 11.3 Å². The third kappa shape index (κ3) is 6.11. The lowest BCUT2D eigenvalue weighted by Gasteiger charge is -2.20. The van der Waals surface area contributed by atoms with Gasteiger partial charge in [0.2, 0.25) is 0 Å². The molecule has 0 fully saturated rings. The molecular weight excluding hydrogens is 458 g/mol. The van der Waals surface area contributed by atoms with E-state index in [4.69, 9.17) is 0 Å². The normalized spacial score (nSPS) is 12.7. The van der Waals surface area contributed by atoms with Crippen molar-refractivity contribution >= 4 is 16.9 Å². The first-order chi connectivity index (χ1) is 17.7. The summed E-state index contributed by atoms with van der Waals surface area (Å²) in [6, 6.07) is 16.9. The molecule has 1 unspecified atom stereocenters. The summed E-state index contributed by atoms with van der Waals surface area (Å²) in [5.74, 6) is -0.576. The number of aromatic amines is 1. The van der Waals surface area contributed by atoms with Crippen LogP contribution in [-0.4, -0.2) is 34.1 Å². The van der Waals surface area contributed by atoms with Crippen LogP contribution in [-0.2, 0) is 16.6 Å². The molecule has 4 aromatic rings. The number of H-pyrrole nitrogens is 1. The molecule has 0 spiro atoms. The molecule has 5 nitrogen and oxygen atoms in total. The van der Waals surface area contributed by atoms with Crippen LogP contribution in [0.5, 0.6) is 0 Å². The van der Waals surface area contributed by atoms with Gasteiger partial charge in [-0.2, -0.15) is 0 Å². The SMILES string of the molecule is Cc1cc(C)cc(-c2[nH]c3ccc(C(C)(C)C(=O)O)cc3c2C(C)CNCCCCc2ccncc2)c1. The molecule has 0 aliphatic rings. The van der Waals surface area contributed by atoms with Crippen molar-refractivity contribution in [1.82, 2.24) is 15.3 Å². The standard InChI is InChI=1S/C32H39N3O2/c1-21-16-22(2)18-25(17-21)30-29(23(3)20-34-13-7-6-8-24-11-14-33-15-12-24)27-19-26(9-10-28(27)35-30)32(4,5)31(36)37/h9-12,14-19,23,34-35H,6-8,13,20H2,1-5H3,(H,36,37). The van der Waals surface area contributed by atoms with Gasteiger partial charge in [0, 0.05) is 29.8 Å². The highest BCUT2D eigenvalue weighted by atomic mass is 16.4. The van der Waals surface area contributed by atoms with E-state index >= 15 is 0 Å². The number of hydrogen-bond acceptors (Lipinski definition) is 3. The minimum atomic E-state index is -0.959. The molecule has 0 saturated carbocycles. The Labute approximate surface area is 220 Å². The first-order valence-corrected chi connectivity index (χ1v) is 13.2. The molecule has 194 valence electrons. The highest BCUT2D eigenvalue weighted by Gasteiger charge is 2.30. The summed E-state index contributed by atoms with van der Waals surface area (Å²) < 4.78 is 0. The predicted molar refractivity (Wildman–Crippen MR) is 152 cm³/mol. The maximum absolute atomic E-state index is 12.0. The van der Waals surface area contributed by atoms with Crippen molar-refractivity contribution < 1.29 is 9.90 Å². The Kier molecular flexibility index (Phi) is 8.13. The fourth-order valence-electron chi connectivity index (χ4n) is 5.13. The lowest BCUT2D eigenvalue weighted by atomic mass is 9.83. The molecule has 2 aromatic carbocycles. The molecule has 4 rings (SSSR count). The van der Waals surface area contributed by atoms with E-state index in [0.29, 0.717) is 0 Å². The molecule has 2 heterocycles. The Hall–Kier alpha value is -3.44. The van der Waals surface area contributed by atoms with Crippen LogP contribution < -0.4 is 5.32 Å². The summed E-state index contributed by atoms with van der Waals surface area (Å²) in [7, 11) is 0. The average Bonchev–Trinajstić information content (AvgIpc) is 3.25. The van der Waals surface area contributed by atoms with E-state index in [-0.39, 0.29) is 5.92 Å². The second-order valence-corrected chi connectivity index (χ2v) is 10.9. The molecule has 0 saturated heterocycles. The number of aliphatic carboxylic acids is 1. The summed E-state index contributed by atoms with van der Waals surface area (Å²) in [6.45, 7) is 11.9. The maximum Gasteiger partial charge on any atom is 0.313 e. The number of hydrogen-bond donors (Lipinski definition) is 3. The maximum atomic E-state index is 12.0. The van der Waals surface area contributed by atoms with E-state index in [1.54, 1.807) is 13.8 Å². The van der Waals surface area contributed by atoms with Gasteiger partial charge in [0.25, 0.3) is 0 Å². The molecule has 37 heavy (non-hydrogen) atoms. The molecule has 1 atom stereocenters. The van der Waals surface area contributed by atoms with Crippen molar-refractivity contribution in [1.29, 1.82) is 0 Å². The van der Waals surface area contributed by atoms with Crippen LogP contribution in [0.3, 0.4) is 0 Å². The monoisotopic (exact) mass is 497 g/mol. The van der Waals surface area contributed by atoms with Crippen LogP contribution >= 0.6 is 0 Å². The number of nitrogens with one attached hydrogen (secondary N) is 2. The minimum Gasteiger partial charge on any atom is -0.481 e. The first-order valence-electron chi connectivity index (χ1n) is 13.2. The highest BCUT2D eigenvalue weighted by Crippen LogP contribution is 2.38. The summed E-state index contributed by atoms with van der Waals surface area (Å²) >= 11 is 0. The average molecular weight is 498 g/mol. The third-order valence-electron chi connectivity index (χ3n) is 7.37. The number of nitrogens with zero attached hydrogens (tertiary/aromatic N) is 1. The van der Waals surface area contributed by atoms with Crippen LogP contribution in [0.15, 0.2) is 60.9 Å². The largest absolute Gasteiger partial charge is 0.481 e. The number of pyridine rings is 1. The third-order valence-corrected chi connectivity index (χ3v) is 7.37. The minimum absolute atomic E-state index is 0.243. The van der Waals surface area contributed by atoms with E-state index in [1.807, 2.05) is 24.5 Å². The van der Waals surface area contributed by atoms with Gasteiger partial charge in [-0.05, 0) is 118 Å². The Morgan fingerprint density at radius 1 is 1.03 bits per heavy atom. The van der Waals surface area contributed by atoms with Gasteiger partial charge in [0.05, 0.1) is 11.1 Å². The molecule has 3 N–H and O–H groups in total. The number of aromatic nitrogens is 2. The fourth-order valence-corrected chi connectivity index (χ4v) is 5.13. The zero-order chi connectivity index (χ0) is 26.6. The highest BCUT2D eigenvalue weighted by molar-refractivity contribution is 5.93. The summed E-state index contributed by atoms with van der Waals surface area (Å²) in [6.07, 6.45) is 7.03. The molecule has 0 aliphatic carbocycles. The topological polar surface area (TPSA) is 78.0 Å². The summed E-state index contributed by atoms with van der Waals surface area (Å²) in [5, 5.41) is 14.6. The number of aryl methyl sites for hydroxylation is 3. The zero-order valence-electron chi connectivity index (χ0n) is 22.7. The van der Waals surface area contributed by atoms with Gasteiger partial charge in [-0.15, -0.1) is 0 Å². The van der Waals surface area contributed by atoms with Gasteiger partial charge in [0.1, 0.15) is 0 Å². The van der Waals surface area contributed by atoms with E-state index < -0.39 is 11.4 Å². The summed E-state index contributed by atoms with van der Waals surface area (Å²) in [4.78, 5) is 19.7. The number of rotatable bonds is 11. The van der Waals surface area contributed by atoms with Gasteiger partial charge in [-0.1, -0.05) is 30.2 Å². The molecular formula is C32H39N3O2. The zero-order valence-corrected chi connectivity index (χ0v) is 22.7. The lowest BCUT2D eigenvalue weighted by molar-refractivity contribution is -0.142. The van der Waals surface area contributed by atoms with Crippen molar-refractivity contribution in [2.24, 2.45) is 0 Å². The number of carboxylic acid groups (broad SMARTS) is 1. The van der Waals surface area contributed by atoms with Gasteiger partial charge in [0.15, 0.2) is 0 Å². The van der Waals surface area contributed by atoms with Crippen LogP contribution in [0.2, 0.25) is 0 Å². The summed E-state index contributed by atoms with van der Waals surface area (Å²) in [5.41, 5.74) is 8.23. The predicted octanol–water partition coefficient (Wildman–Crippen LogP) is 6.92. The Bertz CT molecular complexity index is 1350. The van der Waals surface area contributed by atoms with E-state index in [0.717, 1.165) is 54.5 Å². The van der Waals surface area contributed by atoms with Crippen molar-refractivity contribution in [3.63, 3.8) is 0 Å². The molecule has 2 aromatic heterocycles. The molecule has 0 amide bonds. The number of carboxylic acids is 1. The van der Waals surface area contributed by atoms with E-state index in [2.05, 4.69) is 72.5 Å². The molecule has 0 radical (unpaired) electrons. The van der Waals surface area contributed by atoms with Crippen LogP contribution in [0, 0.1) is 13.8 Å². The Morgan fingerprint density at radius 3 is 2.41 bits per heavy atom. The van der Waals surface area contributed by atoms with Gasteiger partial charge >= 0.3 is 5.97 Å². The van der Waals surface area contributed by atoms with Crippen molar-refractivity contribution in [2.45, 2.75) is 65.2 Å². The number of benzene rings is 2. The molecule has 5 heteroatoms. The number of unbranched alkanes of at least 4 members (excludes halogenated alkanes) is 1. The second kappa shape index (κ2) is 11.3. The molecule has 0 aliphatic heterocycles. The van der Waals surface area contributed by atoms with E-state index in [9.17, 15) is 9.90 Å². The fraction of sp³-hybridized carbons (Fsp3) is 0.375. The smallest absolute Gasteiger partial charge is 0.313 e. The van der Waals surface area contributed by atoms with Crippen LogP contribution in [0.4, 0.5) is 0 Å². The number of fused-ring (bicyclic) bond motifs is 1. The second-order valence-electron chi connectivity index (χ2n) is 10.9. The van der Waals surface area contributed by atoms with Crippen molar-refractivity contribution in [3.05, 3.63) is 88.7 Å². The molecule has 0 bridgehead atoms. The van der Waals surface area contributed by atoms with E-state index in [1.165, 1.54) is 27.8 Å². The number of carbonyl (C=O) groups is 1. The Morgan fingerprint density at radius 2 is 1.73 bits per heavy atom. The van der Waals surface area contributed by atoms with Crippen LogP contribution in [0.1, 0.15) is 67.3 Å². The Balaban J connectivity index is 1.58. The van der Waals surface area contributed by atoms with Crippen LogP contribution in [0.25, 0.3) is 22.2 Å².